The minimum atomic E-state index is -1.02. The number of aliphatic hydroxyl groups excluding tert-OH is 2. The van der Waals surface area contributed by atoms with Crippen LogP contribution in [0.4, 0.5) is 5.82 Å². The first-order valence-electron chi connectivity index (χ1n) is 8.52. The summed E-state index contributed by atoms with van der Waals surface area (Å²) in [4.78, 5) is 12.6. The second kappa shape index (κ2) is 7.20. The molecule has 0 unspecified atom stereocenters. The molecule has 0 aromatic carbocycles. The number of methoxy groups -OCH3 is 1. The van der Waals surface area contributed by atoms with Crippen LogP contribution in [-0.2, 0) is 15.2 Å². The van der Waals surface area contributed by atoms with Gasteiger partial charge in [0.05, 0.1) is 12.9 Å². The molecule has 0 radical (unpaired) electrons. The lowest BCUT2D eigenvalue weighted by Crippen LogP contribution is -2.46. The van der Waals surface area contributed by atoms with Crippen LogP contribution in [0.5, 0.6) is 0 Å². The predicted molar refractivity (Wildman–Crippen MR) is 90.6 cm³/mol. The number of hydrogen-bond acceptors (Lipinski definition) is 8. The number of ether oxygens (including phenoxy) is 2. The lowest BCUT2D eigenvalue weighted by Gasteiger charge is -2.35. The summed E-state index contributed by atoms with van der Waals surface area (Å²) in [7, 11) is 1.52. The standard InChI is InChI=1S/C16H25N5O4/c1-3-4-5-6-16(13(24-2)12(23)10(7-22)25-16)21-9-20-11-14(17)18-8-19-15(11)21/h8-10,12-13,22-23H,3-7H2,1-2H3,(H2,17,18,19)/t10-,12-,13-,16-/m1/s1. The number of nitrogens with two attached hydrogens (primary N) is 1. The minimum Gasteiger partial charge on any atom is -0.394 e. The van der Waals surface area contributed by atoms with Crippen molar-refractivity contribution in [3.05, 3.63) is 12.7 Å². The second-order valence-electron chi connectivity index (χ2n) is 6.33. The number of anilines is 1. The van der Waals surface area contributed by atoms with Gasteiger partial charge in [0, 0.05) is 7.11 Å². The number of rotatable bonds is 7. The van der Waals surface area contributed by atoms with Crippen LogP contribution >= 0.6 is 0 Å². The van der Waals surface area contributed by atoms with Crippen LogP contribution in [0.2, 0.25) is 0 Å². The molecule has 1 fully saturated rings. The smallest absolute Gasteiger partial charge is 0.176 e. The molecular formula is C16H25N5O4. The summed E-state index contributed by atoms with van der Waals surface area (Å²) >= 11 is 0. The van der Waals surface area contributed by atoms with E-state index in [1.54, 1.807) is 10.9 Å². The SMILES string of the molecule is CCCCC[C@@]1(n2cnc3c(N)ncnc32)O[C@H](CO)[C@@H](O)[C@H]1OC. The Kier molecular flexibility index (Phi) is 5.19. The molecule has 2 aromatic heterocycles. The van der Waals surface area contributed by atoms with Crippen LogP contribution in [0.1, 0.15) is 32.6 Å². The fraction of sp³-hybridized carbons (Fsp3) is 0.688. The van der Waals surface area contributed by atoms with Gasteiger partial charge in [-0.15, -0.1) is 0 Å². The molecule has 9 nitrogen and oxygen atoms in total. The Morgan fingerprint density at radius 1 is 1.36 bits per heavy atom. The number of aromatic nitrogens is 4. The van der Waals surface area contributed by atoms with Crippen molar-refractivity contribution in [2.75, 3.05) is 19.5 Å². The third kappa shape index (κ3) is 2.86. The Labute approximate surface area is 145 Å². The maximum absolute atomic E-state index is 10.6. The van der Waals surface area contributed by atoms with Crippen LogP contribution in [0, 0.1) is 0 Å². The van der Waals surface area contributed by atoms with Gasteiger partial charge in [0.25, 0.3) is 0 Å². The largest absolute Gasteiger partial charge is 0.394 e. The van der Waals surface area contributed by atoms with Crippen molar-refractivity contribution in [3.63, 3.8) is 0 Å². The highest BCUT2D eigenvalue weighted by atomic mass is 16.6. The topological polar surface area (TPSA) is 129 Å². The van der Waals surface area contributed by atoms with Crippen molar-refractivity contribution >= 4 is 17.0 Å². The van der Waals surface area contributed by atoms with Crippen LogP contribution in [0.3, 0.4) is 0 Å². The summed E-state index contributed by atoms with van der Waals surface area (Å²) < 4.78 is 13.5. The molecular weight excluding hydrogens is 326 g/mol. The van der Waals surface area contributed by atoms with E-state index in [0.29, 0.717) is 17.6 Å². The molecule has 2 aromatic rings. The van der Waals surface area contributed by atoms with Gasteiger partial charge in [0.1, 0.15) is 30.2 Å². The highest BCUT2D eigenvalue weighted by Gasteiger charge is 2.56. The lowest BCUT2D eigenvalue weighted by molar-refractivity contribution is -0.159. The Balaban J connectivity index is 2.12. The number of fused-ring (bicyclic) bond motifs is 1. The summed E-state index contributed by atoms with van der Waals surface area (Å²) in [6.07, 6.45) is 4.06. The number of nitrogens with zero attached hydrogens (tertiary/aromatic N) is 4. The molecule has 1 aliphatic rings. The van der Waals surface area contributed by atoms with E-state index in [-0.39, 0.29) is 12.4 Å². The number of unbranched alkanes of at least 4 members (excludes halogenated alkanes) is 2. The van der Waals surface area contributed by atoms with Gasteiger partial charge in [-0.1, -0.05) is 19.8 Å². The minimum absolute atomic E-state index is 0.277. The molecule has 3 heterocycles. The first kappa shape index (κ1) is 18.0. The molecule has 0 spiro atoms. The van der Waals surface area contributed by atoms with Crippen molar-refractivity contribution in [2.45, 2.75) is 56.6 Å². The number of aliphatic hydroxyl groups is 2. The van der Waals surface area contributed by atoms with Gasteiger partial charge in [-0.3, -0.25) is 4.57 Å². The average molecular weight is 351 g/mol. The van der Waals surface area contributed by atoms with Crippen LogP contribution in [0.15, 0.2) is 12.7 Å². The Morgan fingerprint density at radius 2 is 2.16 bits per heavy atom. The van der Waals surface area contributed by atoms with E-state index in [0.717, 1.165) is 19.3 Å². The molecule has 1 aliphatic heterocycles. The van der Waals surface area contributed by atoms with E-state index in [1.807, 2.05) is 0 Å². The van der Waals surface area contributed by atoms with E-state index in [4.69, 9.17) is 15.2 Å². The van der Waals surface area contributed by atoms with Crippen molar-refractivity contribution in [1.29, 1.82) is 0 Å². The fourth-order valence-electron chi connectivity index (χ4n) is 3.60. The second-order valence-corrected chi connectivity index (χ2v) is 6.33. The van der Waals surface area contributed by atoms with Crippen molar-refractivity contribution in [1.82, 2.24) is 19.5 Å². The molecule has 1 saturated heterocycles. The summed E-state index contributed by atoms with van der Waals surface area (Å²) in [5.74, 6) is 0.277. The van der Waals surface area contributed by atoms with Gasteiger partial charge < -0.3 is 25.4 Å². The molecule has 0 aliphatic carbocycles. The molecule has 0 saturated carbocycles. The van der Waals surface area contributed by atoms with Crippen molar-refractivity contribution in [2.24, 2.45) is 0 Å². The molecule has 0 amide bonds. The van der Waals surface area contributed by atoms with Crippen LogP contribution in [0.25, 0.3) is 11.2 Å². The molecule has 3 rings (SSSR count). The number of hydrogen-bond donors (Lipinski definition) is 3. The quantitative estimate of drug-likeness (QED) is 0.612. The predicted octanol–water partition coefficient (Wildman–Crippen LogP) is 0.409. The lowest BCUT2D eigenvalue weighted by atomic mass is 9.96. The zero-order valence-corrected chi connectivity index (χ0v) is 14.5. The first-order valence-corrected chi connectivity index (χ1v) is 8.52. The normalized spacial score (nSPS) is 29.5. The molecule has 4 atom stereocenters. The fourth-order valence-corrected chi connectivity index (χ4v) is 3.60. The Morgan fingerprint density at radius 3 is 2.84 bits per heavy atom. The van der Waals surface area contributed by atoms with Crippen LogP contribution < -0.4 is 5.73 Å². The number of imidazole rings is 1. The molecule has 9 heteroatoms. The van der Waals surface area contributed by atoms with E-state index in [9.17, 15) is 10.2 Å². The van der Waals surface area contributed by atoms with E-state index in [2.05, 4.69) is 21.9 Å². The van der Waals surface area contributed by atoms with Crippen LogP contribution in [-0.4, -0.2) is 61.8 Å². The number of nitrogen functional groups attached to an aromatic ring is 1. The monoisotopic (exact) mass is 351 g/mol. The molecule has 0 bridgehead atoms. The summed E-state index contributed by atoms with van der Waals surface area (Å²) in [5.41, 5.74) is 5.85. The summed E-state index contributed by atoms with van der Waals surface area (Å²) in [5, 5.41) is 20.2. The Bertz CT molecular complexity index is 724. The van der Waals surface area contributed by atoms with Gasteiger partial charge >= 0.3 is 0 Å². The highest BCUT2D eigenvalue weighted by Crippen LogP contribution is 2.42. The van der Waals surface area contributed by atoms with E-state index in [1.165, 1.54) is 13.4 Å². The van der Waals surface area contributed by atoms with Crippen molar-refractivity contribution in [3.8, 4) is 0 Å². The Hall–Kier alpha value is -1.81. The third-order valence-corrected chi connectivity index (χ3v) is 4.83. The van der Waals surface area contributed by atoms with Gasteiger partial charge in [-0.05, 0) is 12.8 Å². The molecule has 138 valence electrons. The zero-order valence-electron chi connectivity index (χ0n) is 14.5. The maximum atomic E-state index is 10.6. The van der Waals surface area contributed by atoms with E-state index >= 15 is 0 Å². The van der Waals surface area contributed by atoms with Gasteiger partial charge in [0.15, 0.2) is 17.2 Å². The van der Waals surface area contributed by atoms with Gasteiger partial charge in [-0.25, -0.2) is 15.0 Å². The van der Waals surface area contributed by atoms with Gasteiger partial charge in [-0.2, -0.15) is 0 Å². The summed E-state index contributed by atoms with van der Waals surface area (Å²) in [6, 6.07) is 0. The summed E-state index contributed by atoms with van der Waals surface area (Å²) in [6.45, 7) is 1.81. The van der Waals surface area contributed by atoms with E-state index < -0.39 is 24.0 Å². The maximum Gasteiger partial charge on any atom is 0.176 e. The molecule has 4 N–H and O–H groups in total. The third-order valence-electron chi connectivity index (χ3n) is 4.83. The van der Waals surface area contributed by atoms with Crippen molar-refractivity contribution < 1.29 is 19.7 Å². The highest BCUT2D eigenvalue weighted by molar-refractivity contribution is 5.81. The zero-order chi connectivity index (χ0) is 18.0. The van der Waals surface area contributed by atoms with Gasteiger partial charge in [0.2, 0.25) is 0 Å². The average Bonchev–Trinajstić information content (AvgIpc) is 3.16. The first-order chi connectivity index (χ1) is 12.1. The molecule has 25 heavy (non-hydrogen) atoms.